The van der Waals surface area contributed by atoms with E-state index in [-0.39, 0.29) is 11.9 Å². The zero-order valence-corrected chi connectivity index (χ0v) is 11.0. The number of carbonyl (C=O) groups excluding carboxylic acids is 1. The van der Waals surface area contributed by atoms with Crippen LogP contribution in [0.25, 0.3) is 0 Å². The third-order valence-corrected chi connectivity index (χ3v) is 3.80. The van der Waals surface area contributed by atoms with Gasteiger partial charge in [-0.15, -0.1) is 0 Å². The molecule has 3 heteroatoms. The molecule has 0 bridgehead atoms. The Bertz CT molecular complexity index is 391. The zero-order valence-electron chi connectivity index (χ0n) is 11.0. The SMILES string of the molecule is C[C@H]1CCCN([C@@H](C(N)=O)c2ccccc2)CC1. The molecule has 18 heavy (non-hydrogen) atoms. The van der Waals surface area contributed by atoms with Gasteiger partial charge in [-0.05, 0) is 43.8 Å². The van der Waals surface area contributed by atoms with Gasteiger partial charge < -0.3 is 5.73 Å². The van der Waals surface area contributed by atoms with Gasteiger partial charge in [-0.3, -0.25) is 9.69 Å². The molecule has 1 saturated heterocycles. The fraction of sp³-hybridized carbons (Fsp3) is 0.533. The second-order valence-corrected chi connectivity index (χ2v) is 5.29. The molecular weight excluding hydrogens is 224 g/mol. The smallest absolute Gasteiger partial charge is 0.239 e. The average molecular weight is 246 g/mol. The van der Waals surface area contributed by atoms with Gasteiger partial charge in [-0.25, -0.2) is 0 Å². The fourth-order valence-corrected chi connectivity index (χ4v) is 2.73. The minimum absolute atomic E-state index is 0.240. The molecule has 1 aromatic carbocycles. The maximum atomic E-state index is 11.8. The summed E-state index contributed by atoms with van der Waals surface area (Å²) in [5.74, 6) is 0.509. The van der Waals surface area contributed by atoms with Crippen LogP contribution in [-0.2, 0) is 4.79 Å². The highest BCUT2D eigenvalue weighted by Gasteiger charge is 2.27. The number of nitrogens with zero attached hydrogens (tertiary/aromatic N) is 1. The van der Waals surface area contributed by atoms with Gasteiger partial charge in [0.15, 0.2) is 0 Å². The molecule has 2 atom stereocenters. The minimum atomic E-state index is -0.267. The summed E-state index contributed by atoms with van der Waals surface area (Å²) in [6, 6.07) is 9.60. The van der Waals surface area contributed by atoms with Gasteiger partial charge in [0.2, 0.25) is 5.91 Å². The van der Waals surface area contributed by atoms with Crippen LogP contribution >= 0.6 is 0 Å². The minimum Gasteiger partial charge on any atom is -0.368 e. The van der Waals surface area contributed by atoms with Gasteiger partial charge in [0.05, 0.1) is 0 Å². The van der Waals surface area contributed by atoms with Gasteiger partial charge >= 0.3 is 0 Å². The highest BCUT2D eigenvalue weighted by molar-refractivity contribution is 5.81. The lowest BCUT2D eigenvalue weighted by Gasteiger charge is -2.28. The number of hydrogen-bond acceptors (Lipinski definition) is 2. The summed E-state index contributed by atoms with van der Waals surface area (Å²) < 4.78 is 0. The number of carbonyl (C=O) groups is 1. The number of rotatable bonds is 3. The van der Waals surface area contributed by atoms with E-state index in [0.29, 0.717) is 0 Å². The molecule has 1 heterocycles. The lowest BCUT2D eigenvalue weighted by molar-refractivity contribution is -0.123. The first-order valence-electron chi connectivity index (χ1n) is 6.77. The molecule has 2 N–H and O–H groups in total. The molecule has 1 amide bonds. The molecule has 3 nitrogen and oxygen atoms in total. The summed E-state index contributed by atoms with van der Waals surface area (Å²) in [5.41, 5.74) is 6.62. The highest BCUT2D eigenvalue weighted by Crippen LogP contribution is 2.25. The van der Waals surface area contributed by atoms with Crippen molar-refractivity contribution in [3.63, 3.8) is 0 Å². The highest BCUT2D eigenvalue weighted by atomic mass is 16.1. The van der Waals surface area contributed by atoms with E-state index in [4.69, 9.17) is 5.73 Å². The molecular formula is C15H22N2O. The van der Waals surface area contributed by atoms with E-state index >= 15 is 0 Å². The first kappa shape index (κ1) is 13.1. The van der Waals surface area contributed by atoms with Crippen LogP contribution in [-0.4, -0.2) is 23.9 Å². The third kappa shape index (κ3) is 3.10. The van der Waals surface area contributed by atoms with Gasteiger partial charge in [-0.1, -0.05) is 37.3 Å². The van der Waals surface area contributed by atoms with E-state index in [1.165, 1.54) is 6.42 Å². The van der Waals surface area contributed by atoms with E-state index in [1.807, 2.05) is 30.3 Å². The molecule has 1 aromatic rings. The van der Waals surface area contributed by atoms with Crippen LogP contribution < -0.4 is 5.73 Å². The maximum absolute atomic E-state index is 11.8. The fourth-order valence-electron chi connectivity index (χ4n) is 2.73. The summed E-state index contributed by atoms with van der Waals surface area (Å²) in [4.78, 5) is 14.0. The number of primary amides is 1. The summed E-state index contributed by atoms with van der Waals surface area (Å²) in [6.07, 6.45) is 3.55. The van der Waals surface area contributed by atoms with E-state index in [9.17, 15) is 4.79 Å². The molecule has 1 aliphatic rings. The molecule has 0 radical (unpaired) electrons. The first-order valence-corrected chi connectivity index (χ1v) is 6.77. The average Bonchev–Trinajstić information content (AvgIpc) is 2.56. The number of nitrogens with two attached hydrogens (primary N) is 1. The Morgan fingerprint density at radius 3 is 2.67 bits per heavy atom. The molecule has 98 valence electrons. The summed E-state index contributed by atoms with van der Waals surface area (Å²) in [6.45, 7) is 4.21. The van der Waals surface area contributed by atoms with E-state index in [0.717, 1.165) is 37.4 Å². The maximum Gasteiger partial charge on any atom is 0.239 e. The molecule has 0 aliphatic carbocycles. The lowest BCUT2D eigenvalue weighted by atomic mass is 10.0. The van der Waals surface area contributed by atoms with Crippen LogP contribution in [0.1, 0.15) is 37.8 Å². The number of amides is 1. The molecule has 0 aromatic heterocycles. The molecule has 0 saturated carbocycles. The van der Waals surface area contributed by atoms with Crippen LogP contribution in [0.5, 0.6) is 0 Å². The van der Waals surface area contributed by atoms with E-state index < -0.39 is 0 Å². The molecule has 1 aliphatic heterocycles. The van der Waals surface area contributed by atoms with Crippen molar-refractivity contribution in [2.45, 2.75) is 32.2 Å². The van der Waals surface area contributed by atoms with Crippen molar-refractivity contribution in [2.75, 3.05) is 13.1 Å². The predicted octanol–water partition coefficient (Wildman–Crippen LogP) is 2.33. The van der Waals surface area contributed by atoms with Crippen LogP contribution in [0.4, 0.5) is 0 Å². The Morgan fingerprint density at radius 2 is 2.00 bits per heavy atom. The second-order valence-electron chi connectivity index (χ2n) is 5.29. The van der Waals surface area contributed by atoms with Crippen LogP contribution in [0.2, 0.25) is 0 Å². The van der Waals surface area contributed by atoms with Crippen molar-refractivity contribution >= 4 is 5.91 Å². The number of likely N-dealkylation sites (tertiary alicyclic amines) is 1. The van der Waals surface area contributed by atoms with Gasteiger partial charge in [0, 0.05) is 0 Å². The van der Waals surface area contributed by atoms with Crippen LogP contribution in [0.3, 0.4) is 0 Å². The molecule has 0 spiro atoms. The monoisotopic (exact) mass is 246 g/mol. The molecule has 0 unspecified atom stereocenters. The Morgan fingerprint density at radius 1 is 1.28 bits per heavy atom. The third-order valence-electron chi connectivity index (χ3n) is 3.80. The topological polar surface area (TPSA) is 46.3 Å². The molecule has 2 rings (SSSR count). The van der Waals surface area contributed by atoms with Crippen molar-refractivity contribution < 1.29 is 4.79 Å². The van der Waals surface area contributed by atoms with Crippen LogP contribution in [0.15, 0.2) is 30.3 Å². The summed E-state index contributed by atoms with van der Waals surface area (Å²) in [7, 11) is 0. The quantitative estimate of drug-likeness (QED) is 0.889. The molecule has 1 fully saturated rings. The summed E-state index contributed by atoms with van der Waals surface area (Å²) in [5, 5.41) is 0. The van der Waals surface area contributed by atoms with Crippen molar-refractivity contribution in [3.05, 3.63) is 35.9 Å². The zero-order chi connectivity index (χ0) is 13.0. The van der Waals surface area contributed by atoms with Crippen molar-refractivity contribution in [3.8, 4) is 0 Å². The normalized spacial score (nSPS) is 23.3. The lowest BCUT2D eigenvalue weighted by Crippen LogP contribution is -2.38. The van der Waals surface area contributed by atoms with Gasteiger partial charge in [-0.2, -0.15) is 0 Å². The summed E-state index contributed by atoms with van der Waals surface area (Å²) >= 11 is 0. The van der Waals surface area contributed by atoms with Gasteiger partial charge in [0.25, 0.3) is 0 Å². The van der Waals surface area contributed by atoms with E-state index in [1.54, 1.807) is 0 Å². The standard InChI is InChI=1S/C15H22N2O/c1-12-6-5-10-17(11-9-12)14(15(16)18)13-7-3-2-4-8-13/h2-4,7-8,12,14H,5-6,9-11H2,1H3,(H2,16,18)/t12-,14+/m0/s1. The van der Waals surface area contributed by atoms with Crippen molar-refractivity contribution in [2.24, 2.45) is 11.7 Å². The predicted molar refractivity (Wildman–Crippen MR) is 73.0 cm³/mol. The Kier molecular flexibility index (Phi) is 4.37. The Hall–Kier alpha value is -1.35. The van der Waals surface area contributed by atoms with Gasteiger partial charge in [0.1, 0.15) is 6.04 Å². The Labute approximate surface area is 109 Å². The first-order chi connectivity index (χ1) is 8.68. The van der Waals surface area contributed by atoms with Crippen molar-refractivity contribution in [1.82, 2.24) is 4.90 Å². The Balaban J connectivity index is 2.17. The van der Waals surface area contributed by atoms with E-state index in [2.05, 4.69) is 11.8 Å². The number of benzene rings is 1. The largest absolute Gasteiger partial charge is 0.368 e. The number of hydrogen-bond donors (Lipinski definition) is 1. The van der Waals surface area contributed by atoms with Crippen LogP contribution in [0, 0.1) is 5.92 Å². The van der Waals surface area contributed by atoms with Crippen molar-refractivity contribution in [1.29, 1.82) is 0 Å². The second kappa shape index (κ2) is 6.01.